The van der Waals surface area contributed by atoms with Gasteiger partial charge in [-0.05, 0) is 42.7 Å². The summed E-state index contributed by atoms with van der Waals surface area (Å²) in [6.07, 6.45) is 4.54. The number of benzene rings is 1. The topological polar surface area (TPSA) is 54.0 Å². The van der Waals surface area contributed by atoms with Crippen molar-refractivity contribution >= 4 is 23.3 Å². The van der Waals surface area contributed by atoms with Crippen molar-refractivity contribution in [1.29, 1.82) is 0 Å². The zero-order valence-corrected chi connectivity index (χ0v) is 14.1. The van der Waals surface area contributed by atoms with Crippen molar-refractivity contribution in [2.45, 2.75) is 26.2 Å². The molecule has 4 nitrogen and oxygen atoms in total. The van der Waals surface area contributed by atoms with Crippen LogP contribution in [0.5, 0.6) is 0 Å². The average molecular weight is 332 g/mol. The second-order valence-corrected chi connectivity index (χ2v) is 5.78. The second kappa shape index (κ2) is 9.16. The molecule has 0 saturated carbocycles. The van der Waals surface area contributed by atoms with Gasteiger partial charge in [-0.15, -0.1) is 0 Å². The number of nitrogens with zero attached hydrogens (tertiary/aromatic N) is 1. The Hall–Kier alpha value is -2.07. The molecule has 0 unspecified atom stereocenters. The maximum absolute atomic E-state index is 11.9. The summed E-state index contributed by atoms with van der Waals surface area (Å²) in [5.41, 5.74) is 1.80. The molecule has 1 heterocycles. The molecule has 5 heteroatoms. The molecule has 0 aliphatic rings. The van der Waals surface area contributed by atoms with Crippen LogP contribution in [0, 0.1) is 0 Å². The van der Waals surface area contributed by atoms with E-state index in [1.165, 1.54) is 5.56 Å². The fraction of sp³-hybridized carbons (Fsp3) is 0.333. The smallest absolute Gasteiger partial charge is 0.252 e. The molecule has 2 aromatic rings. The molecule has 1 amide bonds. The molecule has 0 atom stereocenters. The Labute approximate surface area is 142 Å². The van der Waals surface area contributed by atoms with E-state index in [1.54, 1.807) is 12.3 Å². The van der Waals surface area contributed by atoms with E-state index in [2.05, 4.69) is 22.5 Å². The normalized spacial score (nSPS) is 10.3. The number of hydrogen-bond donors (Lipinski definition) is 2. The van der Waals surface area contributed by atoms with Gasteiger partial charge < -0.3 is 10.6 Å². The average Bonchev–Trinajstić information content (AvgIpc) is 2.57. The van der Waals surface area contributed by atoms with Crippen LogP contribution < -0.4 is 10.6 Å². The number of nitrogens with one attached hydrogen (secondary N) is 2. The molecule has 0 aliphatic heterocycles. The first-order valence-corrected chi connectivity index (χ1v) is 8.29. The maximum Gasteiger partial charge on any atom is 0.252 e. The quantitative estimate of drug-likeness (QED) is 0.721. The van der Waals surface area contributed by atoms with Gasteiger partial charge in [0.25, 0.3) is 5.91 Å². The highest BCUT2D eigenvalue weighted by molar-refractivity contribution is 6.30. The molecule has 1 aromatic carbocycles. The third-order valence-corrected chi connectivity index (χ3v) is 3.73. The van der Waals surface area contributed by atoms with Gasteiger partial charge >= 0.3 is 0 Å². The molecular formula is C18H22ClN3O. The summed E-state index contributed by atoms with van der Waals surface area (Å²) in [5.74, 6) is 0.697. The molecule has 2 rings (SSSR count). The van der Waals surface area contributed by atoms with Gasteiger partial charge in [0.05, 0.1) is 5.56 Å². The predicted octanol–water partition coefficient (Wildman–Crippen LogP) is 3.92. The van der Waals surface area contributed by atoms with Gasteiger partial charge in [-0.1, -0.05) is 37.1 Å². The third kappa shape index (κ3) is 5.91. The van der Waals surface area contributed by atoms with E-state index in [1.807, 2.05) is 30.3 Å². The van der Waals surface area contributed by atoms with Crippen molar-refractivity contribution in [2.75, 3.05) is 18.4 Å². The molecule has 0 spiro atoms. The summed E-state index contributed by atoms with van der Waals surface area (Å²) in [7, 11) is 0. The number of carbonyl (C=O) groups is 1. The number of aromatic nitrogens is 1. The van der Waals surface area contributed by atoms with Crippen LogP contribution in [0.1, 0.15) is 35.7 Å². The van der Waals surface area contributed by atoms with Crippen molar-refractivity contribution in [1.82, 2.24) is 10.3 Å². The molecule has 23 heavy (non-hydrogen) atoms. The van der Waals surface area contributed by atoms with Crippen LogP contribution in [0.2, 0.25) is 5.02 Å². The van der Waals surface area contributed by atoms with Crippen LogP contribution in [-0.4, -0.2) is 24.0 Å². The number of unbranched alkanes of at least 4 members (excludes halogenated alkanes) is 1. The van der Waals surface area contributed by atoms with E-state index in [0.29, 0.717) is 12.1 Å². The van der Waals surface area contributed by atoms with E-state index in [0.717, 1.165) is 36.6 Å². The molecule has 0 fully saturated rings. The van der Waals surface area contributed by atoms with Crippen molar-refractivity contribution in [3.63, 3.8) is 0 Å². The predicted molar refractivity (Wildman–Crippen MR) is 95.1 cm³/mol. The number of carbonyl (C=O) groups excluding carboxylic acids is 1. The molecule has 122 valence electrons. The molecule has 2 N–H and O–H groups in total. The lowest BCUT2D eigenvalue weighted by atomic mass is 10.1. The summed E-state index contributed by atoms with van der Waals surface area (Å²) < 4.78 is 0. The van der Waals surface area contributed by atoms with E-state index >= 15 is 0 Å². The van der Waals surface area contributed by atoms with Crippen molar-refractivity contribution in [2.24, 2.45) is 0 Å². The van der Waals surface area contributed by atoms with Gasteiger partial charge in [-0.2, -0.15) is 0 Å². The Bertz CT molecular complexity index is 611. The fourth-order valence-electron chi connectivity index (χ4n) is 2.10. The van der Waals surface area contributed by atoms with Crippen LogP contribution in [0.25, 0.3) is 0 Å². The first kappa shape index (κ1) is 17.3. The maximum atomic E-state index is 11.9. The Balaban J connectivity index is 1.78. The highest BCUT2D eigenvalue weighted by atomic mass is 35.5. The van der Waals surface area contributed by atoms with Gasteiger partial charge in [-0.3, -0.25) is 4.79 Å². The summed E-state index contributed by atoms with van der Waals surface area (Å²) >= 11 is 5.86. The monoisotopic (exact) mass is 331 g/mol. The lowest BCUT2D eigenvalue weighted by Crippen LogP contribution is -2.24. The molecule has 0 aliphatic carbocycles. The Morgan fingerprint density at radius 3 is 2.57 bits per heavy atom. The fourth-order valence-corrected chi connectivity index (χ4v) is 2.23. The Morgan fingerprint density at radius 2 is 1.91 bits per heavy atom. The van der Waals surface area contributed by atoms with Crippen LogP contribution in [0.3, 0.4) is 0 Å². The third-order valence-electron chi connectivity index (χ3n) is 3.47. The van der Waals surface area contributed by atoms with Gasteiger partial charge in [0.1, 0.15) is 5.82 Å². The first-order chi connectivity index (χ1) is 11.2. The SMILES string of the molecule is CCCCNC(=O)c1ccc(NCCc2ccc(Cl)cc2)nc1. The minimum Gasteiger partial charge on any atom is -0.370 e. The zero-order valence-electron chi connectivity index (χ0n) is 13.3. The number of amides is 1. The summed E-state index contributed by atoms with van der Waals surface area (Å²) in [4.78, 5) is 16.2. The standard InChI is InChI=1S/C18H22ClN3O/c1-2-3-11-21-18(23)15-6-9-17(22-13-15)20-12-10-14-4-7-16(19)8-5-14/h4-9,13H,2-3,10-12H2,1H3,(H,20,22)(H,21,23). The highest BCUT2D eigenvalue weighted by Crippen LogP contribution is 2.10. The van der Waals surface area contributed by atoms with Crippen LogP contribution in [0.15, 0.2) is 42.6 Å². The largest absolute Gasteiger partial charge is 0.370 e. The van der Waals surface area contributed by atoms with Gasteiger partial charge in [-0.25, -0.2) is 4.98 Å². The molecule has 0 saturated heterocycles. The number of halogens is 1. The van der Waals surface area contributed by atoms with Crippen LogP contribution in [0.4, 0.5) is 5.82 Å². The molecule has 1 aromatic heterocycles. The minimum absolute atomic E-state index is 0.0707. The van der Waals surface area contributed by atoms with Crippen LogP contribution >= 0.6 is 11.6 Å². The van der Waals surface area contributed by atoms with Crippen LogP contribution in [-0.2, 0) is 6.42 Å². The molecule has 0 bridgehead atoms. The van der Waals surface area contributed by atoms with E-state index < -0.39 is 0 Å². The second-order valence-electron chi connectivity index (χ2n) is 5.34. The lowest BCUT2D eigenvalue weighted by molar-refractivity contribution is 0.0953. The highest BCUT2D eigenvalue weighted by Gasteiger charge is 2.05. The molecule has 0 radical (unpaired) electrons. The zero-order chi connectivity index (χ0) is 16.5. The number of rotatable bonds is 8. The van der Waals surface area contributed by atoms with E-state index in [4.69, 9.17) is 11.6 Å². The number of hydrogen-bond acceptors (Lipinski definition) is 3. The Kier molecular flexibility index (Phi) is 6.88. The van der Waals surface area contributed by atoms with Gasteiger partial charge in [0.2, 0.25) is 0 Å². The van der Waals surface area contributed by atoms with Crippen molar-refractivity contribution in [3.8, 4) is 0 Å². The number of pyridine rings is 1. The number of anilines is 1. The summed E-state index contributed by atoms with van der Waals surface area (Å²) in [5, 5.41) is 6.88. The summed E-state index contributed by atoms with van der Waals surface area (Å²) in [6.45, 7) is 3.57. The van der Waals surface area contributed by atoms with Crippen molar-refractivity contribution < 1.29 is 4.79 Å². The lowest BCUT2D eigenvalue weighted by Gasteiger charge is -2.07. The van der Waals surface area contributed by atoms with Gasteiger partial charge in [0, 0.05) is 24.3 Å². The summed E-state index contributed by atoms with van der Waals surface area (Å²) in [6, 6.07) is 11.4. The van der Waals surface area contributed by atoms with Gasteiger partial charge in [0.15, 0.2) is 0 Å². The minimum atomic E-state index is -0.0707. The molecular weight excluding hydrogens is 310 g/mol. The Morgan fingerprint density at radius 1 is 1.13 bits per heavy atom. The van der Waals surface area contributed by atoms with E-state index in [-0.39, 0.29) is 5.91 Å². The van der Waals surface area contributed by atoms with Crippen molar-refractivity contribution in [3.05, 3.63) is 58.7 Å². The first-order valence-electron chi connectivity index (χ1n) is 7.91. The van der Waals surface area contributed by atoms with E-state index in [9.17, 15) is 4.79 Å².